The van der Waals surface area contributed by atoms with Gasteiger partial charge in [0.2, 0.25) is 0 Å². The summed E-state index contributed by atoms with van der Waals surface area (Å²) in [6.07, 6.45) is 45.4. The maximum atomic E-state index is 12.7. The Kier molecular flexibility index (Phi) is 42.8. The van der Waals surface area contributed by atoms with Crippen LogP contribution in [0, 0.1) is 0 Å². The third kappa shape index (κ3) is 41.6. The zero-order chi connectivity index (χ0) is 39.4. The second kappa shape index (κ2) is 44.1. The van der Waals surface area contributed by atoms with E-state index in [0.717, 1.165) is 64.2 Å². The summed E-state index contributed by atoms with van der Waals surface area (Å²) >= 11 is 0. The molecule has 54 heavy (non-hydrogen) atoms. The molecule has 0 N–H and O–H groups in total. The molecule has 0 aromatic heterocycles. The van der Waals surface area contributed by atoms with E-state index in [1.54, 1.807) is 0 Å². The second-order valence-corrected chi connectivity index (χ2v) is 16.4. The molecule has 0 bridgehead atoms. The third-order valence-electron chi connectivity index (χ3n) is 10.9. The monoisotopic (exact) mass is 765 g/mol. The summed E-state index contributed by atoms with van der Waals surface area (Å²) < 4.78 is 16.6. The van der Waals surface area contributed by atoms with Crippen LogP contribution in [0.4, 0.5) is 0 Å². The number of rotatable bonds is 44. The van der Waals surface area contributed by atoms with Crippen molar-refractivity contribution in [3.05, 3.63) is 0 Å². The average Bonchev–Trinajstić information content (AvgIpc) is 3.17. The third-order valence-corrected chi connectivity index (χ3v) is 10.9. The highest BCUT2D eigenvalue weighted by Crippen LogP contribution is 2.16. The van der Waals surface area contributed by atoms with E-state index in [1.165, 1.54) is 167 Å². The predicted molar refractivity (Wildman–Crippen MR) is 229 cm³/mol. The van der Waals surface area contributed by atoms with E-state index in [2.05, 4.69) is 20.8 Å². The van der Waals surface area contributed by atoms with E-state index in [1.807, 2.05) is 0 Å². The van der Waals surface area contributed by atoms with Crippen LogP contribution in [0.2, 0.25) is 0 Å². The molecule has 320 valence electrons. The van der Waals surface area contributed by atoms with Crippen LogP contribution in [0.3, 0.4) is 0 Å². The van der Waals surface area contributed by atoms with Crippen molar-refractivity contribution in [3.8, 4) is 0 Å². The number of carbonyl (C=O) groups excluding carboxylic acids is 3. The number of esters is 3. The number of hydrogen-bond acceptors (Lipinski definition) is 6. The number of carbonyl (C=O) groups is 3. The maximum absolute atomic E-state index is 12.7. The Hall–Kier alpha value is -1.59. The molecule has 0 amide bonds. The lowest BCUT2D eigenvalue weighted by Gasteiger charge is -2.18. The molecule has 6 heteroatoms. The van der Waals surface area contributed by atoms with E-state index < -0.39 is 6.10 Å². The van der Waals surface area contributed by atoms with Gasteiger partial charge in [-0.1, -0.05) is 233 Å². The summed E-state index contributed by atoms with van der Waals surface area (Å²) in [7, 11) is 0. The molecule has 0 aromatic rings. The van der Waals surface area contributed by atoms with Crippen molar-refractivity contribution in [2.75, 3.05) is 13.2 Å². The molecule has 1 atom stereocenters. The van der Waals surface area contributed by atoms with Gasteiger partial charge in [-0.3, -0.25) is 14.4 Å². The molecule has 0 saturated carbocycles. The van der Waals surface area contributed by atoms with Crippen molar-refractivity contribution in [1.29, 1.82) is 0 Å². The molecule has 0 aliphatic carbocycles. The van der Waals surface area contributed by atoms with Crippen LogP contribution in [-0.2, 0) is 28.6 Å². The molecule has 0 heterocycles. The van der Waals surface area contributed by atoms with Crippen LogP contribution in [0.5, 0.6) is 0 Å². The summed E-state index contributed by atoms with van der Waals surface area (Å²) in [6.45, 7) is 6.59. The van der Waals surface area contributed by atoms with Gasteiger partial charge in [-0.15, -0.1) is 0 Å². The van der Waals surface area contributed by atoms with E-state index in [-0.39, 0.29) is 31.1 Å². The first-order valence-corrected chi connectivity index (χ1v) is 24.0. The highest BCUT2D eigenvalue weighted by Gasteiger charge is 2.19. The topological polar surface area (TPSA) is 78.9 Å². The molecule has 0 spiro atoms. The molecule has 0 unspecified atom stereocenters. The Morgan fingerprint density at radius 1 is 0.296 bits per heavy atom. The van der Waals surface area contributed by atoms with Crippen molar-refractivity contribution in [1.82, 2.24) is 0 Å². The van der Waals surface area contributed by atoms with Gasteiger partial charge in [0.15, 0.2) is 6.10 Å². The Morgan fingerprint density at radius 2 is 0.500 bits per heavy atom. The molecule has 0 rings (SSSR count). The van der Waals surface area contributed by atoms with Gasteiger partial charge in [-0.05, 0) is 19.3 Å². The number of unbranched alkanes of at least 4 members (excludes halogenated alkanes) is 33. The van der Waals surface area contributed by atoms with Crippen molar-refractivity contribution >= 4 is 17.9 Å². The van der Waals surface area contributed by atoms with Crippen molar-refractivity contribution in [2.24, 2.45) is 0 Å². The first-order valence-electron chi connectivity index (χ1n) is 24.0. The average molecular weight is 765 g/mol. The maximum Gasteiger partial charge on any atom is 0.306 e. The van der Waals surface area contributed by atoms with Gasteiger partial charge in [-0.2, -0.15) is 0 Å². The minimum Gasteiger partial charge on any atom is -0.462 e. The highest BCUT2D eigenvalue weighted by atomic mass is 16.6. The van der Waals surface area contributed by atoms with Gasteiger partial charge in [0.05, 0.1) is 0 Å². The van der Waals surface area contributed by atoms with Crippen LogP contribution in [0.15, 0.2) is 0 Å². The summed E-state index contributed by atoms with van der Waals surface area (Å²) in [5.74, 6) is -0.862. The molecular formula is C48H92O6. The van der Waals surface area contributed by atoms with Crippen LogP contribution < -0.4 is 0 Å². The Bertz CT molecular complexity index is 798. The van der Waals surface area contributed by atoms with Crippen LogP contribution in [0.1, 0.15) is 271 Å². The quantitative estimate of drug-likeness (QED) is 0.0349. The first kappa shape index (κ1) is 52.4. The summed E-state index contributed by atoms with van der Waals surface area (Å²) in [5.41, 5.74) is 0. The standard InChI is InChI=1S/C48H92O6/c1-4-7-10-13-15-17-19-21-23-24-25-27-29-31-33-36-39-42-48(51)54-45(43-52-46(49)40-37-34-12-9-6-3)44-53-47(50)41-38-35-32-30-28-26-22-20-18-16-14-11-8-5-2/h45H,4-44H2,1-3H3/t45-/m1/s1. The normalized spacial score (nSPS) is 11.8. The van der Waals surface area contributed by atoms with Crippen molar-refractivity contribution in [2.45, 2.75) is 277 Å². The fourth-order valence-corrected chi connectivity index (χ4v) is 7.21. The van der Waals surface area contributed by atoms with Gasteiger partial charge in [0.1, 0.15) is 13.2 Å². The molecule has 0 aliphatic heterocycles. The molecule has 0 aromatic carbocycles. The SMILES string of the molecule is CCCCCCCCCCCCCCCCCCCC(=O)O[C@H](COC(=O)CCCCCCC)COC(=O)CCCCCCCCCCCCCCCC. The zero-order valence-corrected chi connectivity index (χ0v) is 36.5. The van der Waals surface area contributed by atoms with Crippen LogP contribution >= 0.6 is 0 Å². The van der Waals surface area contributed by atoms with Crippen molar-refractivity contribution in [3.63, 3.8) is 0 Å². The molecule has 0 saturated heterocycles. The minimum absolute atomic E-state index is 0.0635. The summed E-state index contributed by atoms with van der Waals surface area (Å²) in [6, 6.07) is 0. The van der Waals surface area contributed by atoms with E-state index in [0.29, 0.717) is 19.3 Å². The fraction of sp³-hybridized carbons (Fsp3) is 0.938. The Labute approximate surface area is 336 Å². The van der Waals surface area contributed by atoms with E-state index in [4.69, 9.17) is 14.2 Å². The van der Waals surface area contributed by atoms with Crippen molar-refractivity contribution < 1.29 is 28.6 Å². The molecule has 0 aliphatic rings. The highest BCUT2D eigenvalue weighted by molar-refractivity contribution is 5.71. The smallest absolute Gasteiger partial charge is 0.306 e. The van der Waals surface area contributed by atoms with Gasteiger partial charge in [-0.25, -0.2) is 0 Å². The minimum atomic E-state index is -0.757. The number of ether oxygens (including phenoxy) is 3. The van der Waals surface area contributed by atoms with Gasteiger partial charge < -0.3 is 14.2 Å². The lowest BCUT2D eigenvalue weighted by molar-refractivity contribution is -0.167. The predicted octanol–water partition coefficient (Wildman–Crippen LogP) is 15.3. The first-order chi connectivity index (χ1) is 26.5. The van der Waals surface area contributed by atoms with Gasteiger partial charge >= 0.3 is 17.9 Å². The second-order valence-electron chi connectivity index (χ2n) is 16.4. The lowest BCUT2D eigenvalue weighted by Crippen LogP contribution is -2.30. The lowest BCUT2D eigenvalue weighted by atomic mass is 10.0. The van der Waals surface area contributed by atoms with E-state index >= 15 is 0 Å². The Morgan fingerprint density at radius 3 is 0.741 bits per heavy atom. The zero-order valence-electron chi connectivity index (χ0n) is 36.5. The van der Waals surface area contributed by atoms with Gasteiger partial charge in [0.25, 0.3) is 0 Å². The summed E-state index contributed by atoms with van der Waals surface area (Å²) in [4.78, 5) is 37.5. The molecule has 0 radical (unpaired) electrons. The fourth-order valence-electron chi connectivity index (χ4n) is 7.21. The van der Waals surface area contributed by atoms with Gasteiger partial charge in [0, 0.05) is 19.3 Å². The van der Waals surface area contributed by atoms with Crippen LogP contribution in [0.25, 0.3) is 0 Å². The number of hydrogen-bond donors (Lipinski definition) is 0. The molecule has 0 fully saturated rings. The largest absolute Gasteiger partial charge is 0.462 e. The molecule has 6 nitrogen and oxygen atoms in total. The molecular weight excluding hydrogens is 673 g/mol. The van der Waals surface area contributed by atoms with Crippen LogP contribution in [-0.4, -0.2) is 37.2 Å². The summed E-state index contributed by atoms with van der Waals surface area (Å²) in [5, 5.41) is 0. The Balaban J connectivity index is 4.14. The van der Waals surface area contributed by atoms with E-state index in [9.17, 15) is 14.4 Å².